The highest BCUT2D eigenvalue weighted by Crippen LogP contribution is 2.34. The smallest absolute Gasteiger partial charge is 0.157 e. The molecule has 27 heavy (non-hydrogen) atoms. The Labute approximate surface area is 161 Å². The molecule has 1 aliphatic carbocycles. The maximum atomic E-state index is 11.2. The molecule has 0 aromatic carbocycles. The Morgan fingerprint density at radius 3 is 2.74 bits per heavy atom. The lowest BCUT2D eigenvalue weighted by Gasteiger charge is -2.30. The predicted octanol–water partition coefficient (Wildman–Crippen LogP) is 3.99. The first kappa shape index (κ1) is 20.8. The number of aromatic hydroxyl groups is 1. The summed E-state index contributed by atoms with van der Waals surface area (Å²) < 4.78 is 5.86. The number of nitrogens with zero attached hydrogens (tertiary/aromatic N) is 2. The summed E-state index contributed by atoms with van der Waals surface area (Å²) in [5, 5.41) is 13.1. The van der Waals surface area contributed by atoms with E-state index >= 15 is 0 Å². The molecule has 6 heteroatoms. The fourth-order valence-electron chi connectivity index (χ4n) is 3.41. The van der Waals surface area contributed by atoms with Crippen molar-refractivity contribution in [3.8, 4) is 11.5 Å². The average Bonchev–Trinajstić information content (AvgIpc) is 3.18. The fraction of sp³-hybridized carbons (Fsp3) is 0.524. The molecule has 0 amide bonds. The van der Waals surface area contributed by atoms with Gasteiger partial charge in [0.25, 0.3) is 0 Å². The van der Waals surface area contributed by atoms with E-state index in [0.29, 0.717) is 24.7 Å². The molecule has 1 aromatic heterocycles. The summed E-state index contributed by atoms with van der Waals surface area (Å²) in [6, 6.07) is 0.426. The molecule has 0 fully saturated rings. The Kier molecular flexibility index (Phi) is 7.70. The first-order chi connectivity index (χ1) is 13.1. The highest BCUT2D eigenvalue weighted by Gasteiger charge is 2.25. The van der Waals surface area contributed by atoms with Crippen molar-refractivity contribution in [1.82, 2.24) is 15.2 Å². The van der Waals surface area contributed by atoms with Crippen molar-refractivity contribution in [2.24, 2.45) is 0 Å². The lowest BCUT2D eigenvalue weighted by molar-refractivity contribution is 0.111. The van der Waals surface area contributed by atoms with Gasteiger partial charge < -0.3 is 20.1 Å². The number of carbonyl (C=O) groups is 1. The van der Waals surface area contributed by atoms with Crippen LogP contribution in [0, 0.1) is 0 Å². The van der Waals surface area contributed by atoms with Crippen molar-refractivity contribution in [2.45, 2.75) is 59.4 Å². The van der Waals surface area contributed by atoms with E-state index in [-0.39, 0.29) is 11.3 Å². The van der Waals surface area contributed by atoms with Crippen LogP contribution in [-0.4, -0.2) is 40.6 Å². The Balaban J connectivity index is 0.00000126. The molecule has 0 spiro atoms. The zero-order valence-corrected chi connectivity index (χ0v) is 16.8. The van der Waals surface area contributed by atoms with Gasteiger partial charge in [0.1, 0.15) is 17.9 Å². The quantitative estimate of drug-likeness (QED) is 0.735. The number of allylic oxidation sites excluding steroid dienone is 1. The van der Waals surface area contributed by atoms with Crippen molar-refractivity contribution < 1.29 is 14.6 Å². The van der Waals surface area contributed by atoms with Crippen molar-refractivity contribution in [3.63, 3.8) is 0 Å². The standard InChI is InChI=1S/C19H25N3O3.C2H6/c1-13(2)22-12-21-7-17(22)15-6-4-3-5-14(15)11-25-19-9-20-8-18(24)16(19)10-23;1-2/h7-10,13,21,24H,3-6,11-12H2,1-2H3;1-2H3. The molecule has 6 nitrogen and oxygen atoms in total. The summed E-state index contributed by atoms with van der Waals surface area (Å²) >= 11 is 0. The number of nitrogens with one attached hydrogen (secondary N) is 1. The minimum atomic E-state index is -0.154. The van der Waals surface area contributed by atoms with Crippen LogP contribution in [0.1, 0.15) is 63.7 Å². The van der Waals surface area contributed by atoms with Crippen LogP contribution in [0.4, 0.5) is 0 Å². The first-order valence-corrected chi connectivity index (χ1v) is 9.78. The topological polar surface area (TPSA) is 74.7 Å². The lowest BCUT2D eigenvalue weighted by Crippen LogP contribution is -2.31. The second kappa shape index (κ2) is 10.00. The van der Waals surface area contributed by atoms with E-state index in [4.69, 9.17) is 4.74 Å². The molecule has 2 heterocycles. The highest BCUT2D eigenvalue weighted by molar-refractivity contribution is 5.82. The van der Waals surface area contributed by atoms with Crippen LogP contribution in [0.25, 0.3) is 0 Å². The molecule has 1 aliphatic heterocycles. The van der Waals surface area contributed by atoms with Gasteiger partial charge in [-0.25, -0.2) is 0 Å². The Hall–Kier alpha value is -2.50. The Morgan fingerprint density at radius 2 is 2.04 bits per heavy atom. The summed E-state index contributed by atoms with van der Waals surface area (Å²) in [6.07, 6.45) is 9.76. The molecule has 0 radical (unpaired) electrons. The molecule has 0 saturated carbocycles. The maximum absolute atomic E-state index is 11.2. The van der Waals surface area contributed by atoms with Crippen LogP contribution in [0.3, 0.4) is 0 Å². The second-order valence-electron chi connectivity index (χ2n) is 6.72. The Bertz CT molecular complexity index is 711. The molecular weight excluding hydrogens is 342 g/mol. The molecule has 0 saturated heterocycles. The number of ether oxygens (including phenoxy) is 1. The SMILES string of the molecule is CC.CC(C)N1CNC=C1C1=C(COc2cncc(O)c2C=O)CCCC1. The second-order valence-corrected chi connectivity index (χ2v) is 6.72. The van der Waals surface area contributed by atoms with Crippen LogP contribution >= 0.6 is 0 Å². The van der Waals surface area contributed by atoms with Gasteiger partial charge in [-0.15, -0.1) is 0 Å². The summed E-state index contributed by atoms with van der Waals surface area (Å²) in [7, 11) is 0. The Morgan fingerprint density at radius 1 is 1.30 bits per heavy atom. The van der Waals surface area contributed by atoms with Crippen molar-refractivity contribution in [1.29, 1.82) is 0 Å². The summed E-state index contributed by atoms with van der Waals surface area (Å²) in [4.78, 5) is 17.5. The van der Waals surface area contributed by atoms with Gasteiger partial charge in [-0.1, -0.05) is 13.8 Å². The third-order valence-electron chi connectivity index (χ3n) is 4.77. The minimum Gasteiger partial charge on any atom is -0.505 e. The largest absolute Gasteiger partial charge is 0.505 e. The first-order valence-electron chi connectivity index (χ1n) is 9.78. The lowest BCUT2D eigenvalue weighted by atomic mass is 9.89. The molecule has 3 rings (SSSR count). The zero-order chi connectivity index (χ0) is 19.8. The van der Waals surface area contributed by atoms with E-state index in [0.717, 1.165) is 25.9 Å². The van der Waals surface area contributed by atoms with E-state index in [1.807, 2.05) is 13.8 Å². The molecule has 0 atom stereocenters. The summed E-state index contributed by atoms with van der Waals surface area (Å²) in [5.74, 6) is 0.172. The van der Waals surface area contributed by atoms with E-state index in [1.165, 1.54) is 35.7 Å². The van der Waals surface area contributed by atoms with E-state index in [1.54, 1.807) is 0 Å². The molecule has 2 N–H and O–H groups in total. The molecule has 0 unspecified atom stereocenters. The van der Waals surface area contributed by atoms with E-state index < -0.39 is 0 Å². The zero-order valence-electron chi connectivity index (χ0n) is 16.8. The normalized spacial score (nSPS) is 16.5. The van der Waals surface area contributed by atoms with Gasteiger partial charge in [-0.05, 0) is 50.7 Å². The van der Waals surface area contributed by atoms with Gasteiger partial charge >= 0.3 is 0 Å². The number of aldehydes is 1. The molecular formula is C21H31N3O3. The number of rotatable bonds is 6. The van der Waals surface area contributed by atoms with Crippen LogP contribution in [-0.2, 0) is 0 Å². The van der Waals surface area contributed by atoms with Crippen LogP contribution in [0.15, 0.2) is 35.4 Å². The predicted molar refractivity (Wildman–Crippen MR) is 107 cm³/mol. The highest BCUT2D eigenvalue weighted by atomic mass is 16.5. The van der Waals surface area contributed by atoms with Gasteiger partial charge in [-0.2, -0.15) is 0 Å². The number of aromatic nitrogens is 1. The third-order valence-corrected chi connectivity index (χ3v) is 4.77. The van der Waals surface area contributed by atoms with Gasteiger partial charge in [0.15, 0.2) is 12.0 Å². The number of pyridine rings is 1. The molecule has 2 aliphatic rings. The monoisotopic (exact) mass is 373 g/mol. The molecule has 148 valence electrons. The van der Waals surface area contributed by atoms with Gasteiger partial charge in [0, 0.05) is 12.2 Å². The van der Waals surface area contributed by atoms with Crippen molar-refractivity contribution in [3.05, 3.63) is 41.0 Å². The van der Waals surface area contributed by atoms with Gasteiger partial charge in [-0.3, -0.25) is 9.78 Å². The maximum Gasteiger partial charge on any atom is 0.157 e. The molecule has 0 bridgehead atoms. The number of hydrogen-bond acceptors (Lipinski definition) is 6. The van der Waals surface area contributed by atoms with Crippen LogP contribution in [0.2, 0.25) is 0 Å². The summed E-state index contributed by atoms with van der Waals surface area (Å²) in [6.45, 7) is 9.62. The van der Waals surface area contributed by atoms with Crippen molar-refractivity contribution >= 4 is 6.29 Å². The number of carbonyl (C=O) groups excluding carboxylic acids is 1. The third kappa shape index (κ3) is 4.81. The van der Waals surface area contributed by atoms with Gasteiger partial charge in [0.05, 0.1) is 24.8 Å². The van der Waals surface area contributed by atoms with Crippen molar-refractivity contribution in [2.75, 3.05) is 13.3 Å². The minimum absolute atomic E-state index is 0.151. The van der Waals surface area contributed by atoms with E-state index in [9.17, 15) is 9.90 Å². The summed E-state index contributed by atoms with van der Waals surface area (Å²) in [5.41, 5.74) is 3.99. The van der Waals surface area contributed by atoms with Crippen LogP contribution < -0.4 is 10.1 Å². The molecule has 1 aromatic rings. The van der Waals surface area contributed by atoms with Crippen LogP contribution in [0.5, 0.6) is 11.5 Å². The van der Waals surface area contributed by atoms with E-state index in [2.05, 4.69) is 35.2 Å². The fourth-order valence-corrected chi connectivity index (χ4v) is 3.41. The number of hydrogen-bond donors (Lipinski definition) is 2. The van der Waals surface area contributed by atoms with Gasteiger partial charge in [0.2, 0.25) is 0 Å². The average molecular weight is 373 g/mol.